The first-order valence-electron chi connectivity index (χ1n) is 7.86. The number of nitrogens with zero attached hydrogens (tertiary/aromatic N) is 3. The molecule has 1 aliphatic rings. The van der Waals surface area contributed by atoms with E-state index in [1.165, 1.54) is 29.4 Å². The van der Waals surface area contributed by atoms with E-state index in [-0.39, 0.29) is 12.1 Å². The summed E-state index contributed by atoms with van der Waals surface area (Å²) in [7, 11) is 1.82. The van der Waals surface area contributed by atoms with Gasteiger partial charge in [-0.3, -0.25) is 4.57 Å². The number of carbonyl (C=O) groups is 1. The van der Waals surface area contributed by atoms with Crippen LogP contribution in [0.25, 0.3) is 11.3 Å². The van der Waals surface area contributed by atoms with Crippen LogP contribution in [0.3, 0.4) is 0 Å². The van der Waals surface area contributed by atoms with Crippen molar-refractivity contribution in [3.8, 4) is 17.0 Å². The number of hydrogen-bond donors (Lipinski definition) is 1. The summed E-state index contributed by atoms with van der Waals surface area (Å²) >= 11 is 0. The van der Waals surface area contributed by atoms with Gasteiger partial charge in [0, 0.05) is 24.8 Å². The summed E-state index contributed by atoms with van der Waals surface area (Å²) in [6.07, 6.45) is 8.66. The maximum absolute atomic E-state index is 13.4. The van der Waals surface area contributed by atoms with Crippen molar-refractivity contribution in [2.45, 2.75) is 38.1 Å². The largest absolute Gasteiger partial charge is 0.505 e. The monoisotopic (exact) mass is 317 g/mol. The van der Waals surface area contributed by atoms with Crippen molar-refractivity contribution in [2.24, 2.45) is 0 Å². The fraction of sp³-hybridized carbons (Fsp3) is 0.412. The van der Waals surface area contributed by atoms with Crippen LogP contribution >= 0.6 is 0 Å². The molecular weight excluding hydrogens is 297 g/mol. The highest BCUT2D eigenvalue weighted by Crippen LogP contribution is 2.25. The zero-order chi connectivity index (χ0) is 16.4. The summed E-state index contributed by atoms with van der Waals surface area (Å²) in [4.78, 5) is 18.5. The van der Waals surface area contributed by atoms with E-state index < -0.39 is 11.6 Å². The standard InChI is InChI=1S/C17H20FN3O2/c1-20(13-5-3-2-4-6-13)17(23)21-10-15(19-11-21)12-7-8-16(22)14(18)9-12/h7-11,13,22H,2-6H2,1H3. The lowest BCUT2D eigenvalue weighted by Gasteiger charge is -2.31. The van der Waals surface area contributed by atoms with Crippen molar-refractivity contribution in [3.63, 3.8) is 0 Å². The van der Waals surface area contributed by atoms with E-state index in [0.717, 1.165) is 25.7 Å². The summed E-state index contributed by atoms with van der Waals surface area (Å²) in [6, 6.07) is 4.19. The molecule has 122 valence electrons. The molecule has 0 unspecified atom stereocenters. The molecule has 0 bridgehead atoms. The predicted molar refractivity (Wildman–Crippen MR) is 84.7 cm³/mol. The van der Waals surface area contributed by atoms with Crippen LogP contribution < -0.4 is 0 Å². The highest BCUT2D eigenvalue weighted by Gasteiger charge is 2.23. The minimum absolute atomic E-state index is 0.130. The Morgan fingerprint density at radius 1 is 1.35 bits per heavy atom. The summed E-state index contributed by atoms with van der Waals surface area (Å²) in [5.41, 5.74) is 1.02. The third-order valence-electron chi connectivity index (χ3n) is 4.47. The Bertz CT molecular complexity index is 708. The lowest BCUT2D eigenvalue weighted by atomic mass is 9.95. The van der Waals surface area contributed by atoms with Crippen LogP contribution in [0.1, 0.15) is 32.1 Å². The van der Waals surface area contributed by atoms with Crippen molar-refractivity contribution in [1.29, 1.82) is 0 Å². The van der Waals surface area contributed by atoms with Crippen LogP contribution in [0.5, 0.6) is 5.75 Å². The van der Waals surface area contributed by atoms with Gasteiger partial charge in [-0.2, -0.15) is 0 Å². The van der Waals surface area contributed by atoms with Gasteiger partial charge >= 0.3 is 6.03 Å². The SMILES string of the molecule is CN(C(=O)n1cnc(-c2ccc(O)c(F)c2)c1)C1CCCCC1. The fourth-order valence-electron chi connectivity index (χ4n) is 3.05. The van der Waals surface area contributed by atoms with Crippen LogP contribution in [-0.4, -0.2) is 38.7 Å². The highest BCUT2D eigenvalue weighted by atomic mass is 19.1. The van der Waals surface area contributed by atoms with Crippen molar-refractivity contribution in [1.82, 2.24) is 14.5 Å². The van der Waals surface area contributed by atoms with E-state index in [1.807, 2.05) is 7.05 Å². The highest BCUT2D eigenvalue weighted by molar-refractivity contribution is 5.78. The van der Waals surface area contributed by atoms with Gasteiger partial charge in [0.25, 0.3) is 0 Å². The molecule has 2 aromatic rings. The number of aromatic nitrogens is 2. The third-order valence-corrected chi connectivity index (χ3v) is 4.47. The quantitative estimate of drug-likeness (QED) is 0.920. The maximum atomic E-state index is 13.4. The number of hydrogen-bond acceptors (Lipinski definition) is 3. The van der Waals surface area contributed by atoms with Crippen LogP contribution in [0.15, 0.2) is 30.7 Å². The zero-order valence-corrected chi connectivity index (χ0v) is 13.1. The van der Waals surface area contributed by atoms with Gasteiger partial charge in [-0.25, -0.2) is 14.2 Å². The molecule has 1 fully saturated rings. The van der Waals surface area contributed by atoms with E-state index in [2.05, 4.69) is 4.98 Å². The minimum atomic E-state index is -0.706. The normalized spacial score (nSPS) is 15.6. The summed E-state index contributed by atoms with van der Waals surface area (Å²) < 4.78 is 14.9. The number of phenols is 1. The molecule has 23 heavy (non-hydrogen) atoms. The van der Waals surface area contributed by atoms with Crippen molar-refractivity contribution < 1.29 is 14.3 Å². The topological polar surface area (TPSA) is 58.4 Å². The molecule has 0 aliphatic heterocycles. The van der Waals surface area contributed by atoms with Crippen LogP contribution in [0, 0.1) is 5.82 Å². The Balaban J connectivity index is 1.77. The maximum Gasteiger partial charge on any atom is 0.329 e. The van der Waals surface area contributed by atoms with E-state index >= 15 is 0 Å². The molecular formula is C17H20FN3O2. The number of benzene rings is 1. The van der Waals surface area contributed by atoms with Crippen molar-refractivity contribution in [2.75, 3.05) is 7.05 Å². The number of rotatable bonds is 2. The number of imidazole rings is 1. The summed E-state index contributed by atoms with van der Waals surface area (Å²) in [6.45, 7) is 0. The fourth-order valence-corrected chi connectivity index (χ4v) is 3.05. The van der Waals surface area contributed by atoms with E-state index in [0.29, 0.717) is 11.3 Å². The minimum Gasteiger partial charge on any atom is -0.505 e. The Labute approximate surface area is 134 Å². The molecule has 6 heteroatoms. The first kappa shape index (κ1) is 15.5. The van der Waals surface area contributed by atoms with Crippen molar-refractivity contribution in [3.05, 3.63) is 36.5 Å². The third kappa shape index (κ3) is 3.21. The lowest BCUT2D eigenvalue weighted by molar-refractivity contribution is 0.175. The van der Waals surface area contributed by atoms with Crippen LogP contribution in [0.2, 0.25) is 0 Å². The van der Waals surface area contributed by atoms with Gasteiger partial charge < -0.3 is 10.0 Å². The second-order valence-corrected chi connectivity index (χ2v) is 6.02. The summed E-state index contributed by atoms with van der Waals surface area (Å²) in [5, 5.41) is 9.24. The van der Waals surface area contributed by atoms with Gasteiger partial charge in [-0.05, 0) is 31.0 Å². The van der Waals surface area contributed by atoms with Crippen molar-refractivity contribution >= 4 is 6.03 Å². The molecule has 3 rings (SSSR count). The van der Waals surface area contributed by atoms with Crippen LogP contribution in [-0.2, 0) is 0 Å². The average molecular weight is 317 g/mol. The molecule has 0 radical (unpaired) electrons. The first-order valence-corrected chi connectivity index (χ1v) is 7.86. The number of halogens is 1. The molecule has 0 saturated heterocycles. The molecule has 1 saturated carbocycles. The van der Waals surface area contributed by atoms with Gasteiger partial charge in [0.15, 0.2) is 11.6 Å². The lowest BCUT2D eigenvalue weighted by Crippen LogP contribution is -2.40. The number of phenolic OH excluding ortho intramolecular Hbond substituents is 1. The second kappa shape index (κ2) is 6.40. The molecule has 0 spiro atoms. The Morgan fingerprint density at radius 3 is 2.78 bits per heavy atom. The Kier molecular flexibility index (Phi) is 4.32. The van der Waals surface area contributed by atoms with Gasteiger partial charge in [-0.15, -0.1) is 0 Å². The molecule has 1 heterocycles. The zero-order valence-electron chi connectivity index (χ0n) is 13.1. The van der Waals surface area contributed by atoms with Gasteiger partial charge in [0.1, 0.15) is 6.33 Å². The average Bonchev–Trinajstić information content (AvgIpc) is 3.07. The molecule has 1 aromatic heterocycles. The van der Waals surface area contributed by atoms with E-state index in [9.17, 15) is 14.3 Å². The molecule has 1 aliphatic carbocycles. The Morgan fingerprint density at radius 2 is 2.09 bits per heavy atom. The van der Waals surface area contributed by atoms with Gasteiger partial charge in [0.2, 0.25) is 0 Å². The Hall–Kier alpha value is -2.37. The predicted octanol–water partition coefficient (Wildman–Crippen LogP) is 3.63. The van der Waals surface area contributed by atoms with Gasteiger partial charge in [-0.1, -0.05) is 19.3 Å². The molecule has 1 N–H and O–H groups in total. The molecule has 1 aromatic carbocycles. The first-order chi connectivity index (χ1) is 11.1. The van der Waals surface area contributed by atoms with E-state index in [4.69, 9.17) is 0 Å². The van der Waals surface area contributed by atoms with Crippen LogP contribution in [0.4, 0.5) is 9.18 Å². The molecule has 1 amide bonds. The molecule has 5 nitrogen and oxygen atoms in total. The number of amides is 1. The number of aromatic hydroxyl groups is 1. The van der Waals surface area contributed by atoms with E-state index in [1.54, 1.807) is 17.2 Å². The second-order valence-electron chi connectivity index (χ2n) is 6.02. The smallest absolute Gasteiger partial charge is 0.329 e. The van der Waals surface area contributed by atoms with Gasteiger partial charge in [0.05, 0.1) is 5.69 Å². The number of carbonyl (C=O) groups excluding carboxylic acids is 1. The summed E-state index contributed by atoms with van der Waals surface area (Å²) in [5.74, 6) is -1.11. The molecule has 0 atom stereocenters.